The first-order valence-corrected chi connectivity index (χ1v) is 12.1. The molecule has 0 spiro atoms. The highest BCUT2D eigenvalue weighted by Crippen LogP contribution is 2.44. The molecule has 7 heteroatoms. The first-order chi connectivity index (χ1) is 16.1. The summed E-state index contributed by atoms with van der Waals surface area (Å²) in [5, 5.41) is 16.8. The first kappa shape index (κ1) is 22.6. The molecule has 0 fully saturated rings. The lowest BCUT2D eigenvalue weighted by atomic mass is 9.86. The molecule has 0 radical (unpaired) electrons. The van der Waals surface area contributed by atoms with E-state index in [9.17, 15) is 14.9 Å². The third-order valence-electron chi connectivity index (χ3n) is 5.19. The Morgan fingerprint density at radius 1 is 1.12 bits per heavy atom. The minimum absolute atomic E-state index is 0.221. The Balaban J connectivity index is 1.78. The maximum Gasteiger partial charge on any atom is 0.254 e. The zero-order valence-electron chi connectivity index (χ0n) is 17.9. The summed E-state index contributed by atoms with van der Waals surface area (Å²) in [6.45, 7) is 1.83. The highest BCUT2D eigenvalue weighted by atomic mass is 32.2. The molecule has 2 aromatic carbocycles. The summed E-state index contributed by atoms with van der Waals surface area (Å²) in [4.78, 5) is 26.4. The summed E-state index contributed by atoms with van der Waals surface area (Å²) in [6.07, 6.45) is 0.804. The lowest BCUT2D eigenvalue weighted by Gasteiger charge is -2.28. The average molecular weight is 472 g/mol. The van der Waals surface area contributed by atoms with Crippen LogP contribution < -0.4 is 10.6 Å². The predicted octanol–water partition coefficient (Wildman–Crippen LogP) is 5.68. The molecule has 4 rings (SSSR count). The zero-order valence-corrected chi connectivity index (χ0v) is 19.5. The molecule has 1 unspecified atom stereocenters. The van der Waals surface area contributed by atoms with Crippen molar-refractivity contribution in [1.29, 1.82) is 5.26 Å². The van der Waals surface area contributed by atoms with Crippen LogP contribution in [0.25, 0.3) is 10.4 Å². The molecule has 0 saturated heterocycles. The molecule has 1 amide bonds. The van der Waals surface area contributed by atoms with Gasteiger partial charge in [0.1, 0.15) is 6.29 Å². The second-order valence-electron chi connectivity index (χ2n) is 7.32. The Kier molecular flexibility index (Phi) is 7.08. The van der Waals surface area contributed by atoms with E-state index in [1.54, 1.807) is 11.3 Å². The second-order valence-corrected chi connectivity index (χ2v) is 9.46. The standard InChI is InChI=1S/C26H21N3O2S2/c1-17-23(25(31)29-19-10-6-3-7-11-19)24(20(16-27)26(28-17)32-15-14-30)22-13-12-21(33-22)18-8-4-2-5-9-18/h2-14,24,28H,15H2,1H3,(H,29,31). The zero-order chi connectivity index (χ0) is 23.2. The number of nitriles is 1. The van der Waals surface area contributed by atoms with Crippen LogP contribution in [0.15, 0.2) is 94.7 Å². The van der Waals surface area contributed by atoms with E-state index in [2.05, 4.69) is 16.7 Å². The Morgan fingerprint density at radius 2 is 1.82 bits per heavy atom. The molecular weight excluding hydrogens is 450 g/mol. The number of thiophene rings is 1. The van der Waals surface area contributed by atoms with Crippen LogP contribution in [0.2, 0.25) is 0 Å². The third kappa shape index (κ3) is 4.92. The van der Waals surface area contributed by atoms with Crippen molar-refractivity contribution in [3.05, 3.63) is 99.5 Å². The fourth-order valence-corrected chi connectivity index (χ4v) is 5.63. The Labute approximate surface area is 200 Å². The van der Waals surface area contributed by atoms with E-state index in [0.717, 1.165) is 21.6 Å². The minimum atomic E-state index is -0.531. The predicted molar refractivity (Wildman–Crippen MR) is 135 cm³/mol. The Morgan fingerprint density at radius 3 is 2.48 bits per heavy atom. The molecule has 0 bridgehead atoms. The van der Waals surface area contributed by atoms with Gasteiger partial charge in [-0.1, -0.05) is 60.3 Å². The number of hydrogen-bond donors (Lipinski definition) is 2. The van der Waals surface area contributed by atoms with Gasteiger partial charge in [0.05, 0.1) is 28.3 Å². The highest BCUT2D eigenvalue weighted by molar-refractivity contribution is 8.03. The maximum absolute atomic E-state index is 13.4. The average Bonchev–Trinajstić information content (AvgIpc) is 3.33. The van der Waals surface area contributed by atoms with Crippen molar-refractivity contribution in [3.8, 4) is 16.5 Å². The van der Waals surface area contributed by atoms with Crippen LogP contribution in [0.3, 0.4) is 0 Å². The van der Waals surface area contributed by atoms with Crippen molar-refractivity contribution in [3.63, 3.8) is 0 Å². The van der Waals surface area contributed by atoms with Crippen LogP contribution in [0, 0.1) is 11.3 Å². The van der Waals surface area contributed by atoms with Gasteiger partial charge in [-0.05, 0) is 36.8 Å². The molecule has 164 valence electrons. The number of dihydropyridines is 1. The number of carbonyl (C=O) groups excluding carboxylic acids is 2. The fraction of sp³-hybridized carbons (Fsp3) is 0.115. The van der Waals surface area contributed by atoms with Crippen molar-refractivity contribution < 1.29 is 9.59 Å². The molecule has 0 aliphatic carbocycles. The van der Waals surface area contributed by atoms with Gasteiger partial charge >= 0.3 is 0 Å². The summed E-state index contributed by atoms with van der Waals surface area (Å²) < 4.78 is 0. The third-order valence-corrected chi connectivity index (χ3v) is 7.30. The van der Waals surface area contributed by atoms with Crippen molar-refractivity contribution in [2.75, 3.05) is 11.1 Å². The van der Waals surface area contributed by atoms with Crippen LogP contribution >= 0.6 is 23.1 Å². The van der Waals surface area contributed by atoms with Crippen molar-refractivity contribution in [2.24, 2.45) is 0 Å². The van der Waals surface area contributed by atoms with Crippen LogP contribution in [0.4, 0.5) is 5.69 Å². The van der Waals surface area contributed by atoms with Gasteiger partial charge in [-0.3, -0.25) is 4.79 Å². The normalized spacial score (nSPS) is 15.6. The lowest BCUT2D eigenvalue weighted by Crippen LogP contribution is -2.30. The van der Waals surface area contributed by atoms with Gasteiger partial charge < -0.3 is 15.4 Å². The Hall–Kier alpha value is -3.60. The molecule has 1 aliphatic heterocycles. The van der Waals surface area contributed by atoms with Gasteiger partial charge in [0, 0.05) is 26.7 Å². The van der Waals surface area contributed by atoms with Gasteiger partial charge in [0.25, 0.3) is 5.91 Å². The molecule has 1 atom stereocenters. The number of thioether (sulfide) groups is 1. The number of benzene rings is 2. The fourth-order valence-electron chi connectivity index (χ4n) is 3.71. The molecule has 2 N–H and O–H groups in total. The van der Waals surface area contributed by atoms with Crippen LogP contribution in [0.1, 0.15) is 17.7 Å². The number of anilines is 1. The number of allylic oxidation sites excluding steroid dienone is 2. The van der Waals surface area contributed by atoms with Crippen molar-refractivity contribution >= 4 is 41.0 Å². The van der Waals surface area contributed by atoms with Crippen LogP contribution in [0.5, 0.6) is 0 Å². The molecule has 2 heterocycles. The summed E-state index contributed by atoms with van der Waals surface area (Å²) in [5.74, 6) is -0.576. The van der Waals surface area contributed by atoms with E-state index in [-0.39, 0.29) is 11.7 Å². The van der Waals surface area contributed by atoms with E-state index in [4.69, 9.17) is 0 Å². The van der Waals surface area contributed by atoms with E-state index >= 15 is 0 Å². The monoisotopic (exact) mass is 471 g/mol. The lowest BCUT2D eigenvalue weighted by molar-refractivity contribution is -0.113. The molecule has 0 saturated carbocycles. The van der Waals surface area contributed by atoms with Gasteiger partial charge in [-0.2, -0.15) is 5.26 Å². The number of carbonyl (C=O) groups is 2. The summed E-state index contributed by atoms with van der Waals surface area (Å²) >= 11 is 2.83. The number of amides is 1. The van der Waals surface area contributed by atoms with Crippen LogP contribution in [-0.2, 0) is 9.59 Å². The van der Waals surface area contributed by atoms with Gasteiger partial charge in [-0.25, -0.2) is 0 Å². The number of nitrogens with one attached hydrogen (secondary N) is 2. The van der Waals surface area contributed by atoms with E-state index in [1.807, 2.05) is 79.7 Å². The van der Waals surface area contributed by atoms with E-state index in [0.29, 0.717) is 27.6 Å². The van der Waals surface area contributed by atoms with Gasteiger partial charge in [0.15, 0.2) is 0 Å². The maximum atomic E-state index is 13.4. The second kappa shape index (κ2) is 10.3. The van der Waals surface area contributed by atoms with E-state index < -0.39 is 5.92 Å². The van der Waals surface area contributed by atoms with E-state index in [1.165, 1.54) is 11.8 Å². The molecule has 3 aromatic rings. The molecule has 33 heavy (non-hydrogen) atoms. The van der Waals surface area contributed by atoms with Crippen LogP contribution in [-0.4, -0.2) is 17.9 Å². The number of aldehydes is 1. The number of rotatable bonds is 7. The molecule has 1 aromatic heterocycles. The highest BCUT2D eigenvalue weighted by Gasteiger charge is 2.35. The van der Waals surface area contributed by atoms with Gasteiger partial charge in [0.2, 0.25) is 0 Å². The molecular formula is C26H21N3O2S2. The largest absolute Gasteiger partial charge is 0.353 e. The SMILES string of the molecule is CC1=C(C(=O)Nc2ccccc2)C(c2ccc(-c3ccccc3)s2)C(C#N)=C(SCC=O)N1. The molecule has 1 aliphatic rings. The first-order valence-electron chi connectivity index (χ1n) is 10.3. The number of nitrogens with zero attached hydrogens (tertiary/aromatic N) is 1. The van der Waals surface area contributed by atoms with Crippen molar-refractivity contribution in [1.82, 2.24) is 5.32 Å². The quantitative estimate of drug-likeness (QED) is 0.433. The molecule has 5 nitrogen and oxygen atoms in total. The summed E-state index contributed by atoms with van der Waals surface area (Å²) in [5.41, 5.74) is 3.35. The number of hydrogen-bond acceptors (Lipinski definition) is 6. The summed E-state index contributed by atoms with van der Waals surface area (Å²) in [7, 11) is 0. The number of para-hydroxylation sites is 1. The topological polar surface area (TPSA) is 82.0 Å². The summed E-state index contributed by atoms with van der Waals surface area (Å²) in [6, 6.07) is 25.5. The smallest absolute Gasteiger partial charge is 0.254 e. The van der Waals surface area contributed by atoms with Gasteiger partial charge in [-0.15, -0.1) is 11.3 Å². The minimum Gasteiger partial charge on any atom is -0.353 e. The Bertz CT molecular complexity index is 1270. The van der Waals surface area contributed by atoms with Crippen molar-refractivity contribution in [2.45, 2.75) is 12.8 Å².